The van der Waals surface area contributed by atoms with Gasteiger partial charge in [-0.3, -0.25) is 4.79 Å². The van der Waals surface area contributed by atoms with Crippen molar-refractivity contribution >= 4 is 29.2 Å². The highest BCUT2D eigenvalue weighted by Gasteiger charge is 2.25. The standard InChI is InChI=1S/C15H19Cl2NO3/c16-12-2-1-11(13(17)7-12)9-18-14(8-15(19)20)10-3-5-21-6-4-10/h1-2,7,10,14,18H,3-6,8-9H2,(H,19,20). The van der Waals surface area contributed by atoms with Crippen LogP contribution < -0.4 is 5.32 Å². The molecule has 21 heavy (non-hydrogen) atoms. The zero-order valence-corrected chi connectivity index (χ0v) is 13.2. The van der Waals surface area contributed by atoms with E-state index in [2.05, 4.69) is 5.32 Å². The van der Waals surface area contributed by atoms with E-state index >= 15 is 0 Å². The van der Waals surface area contributed by atoms with Gasteiger partial charge in [-0.05, 0) is 36.5 Å². The summed E-state index contributed by atoms with van der Waals surface area (Å²) in [7, 11) is 0. The Hall–Kier alpha value is -0.810. The Morgan fingerprint density at radius 2 is 2.10 bits per heavy atom. The van der Waals surface area contributed by atoms with Gasteiger partial charge in [0.05, 0.1) is 6.42 Å². The number of hydrogen-bond acceptors (Lipinski definition) is 3. The highest BCUT2D eigenvalue weighted by molar-refractivity contribution is 6.35. The van der Waals surface area contributed by atoms with E-state index in [0.717, 1.165) is 18.4 Å². The van der Waals surface area contributed by atoms with Crippen LogP contribution in [-0.2, 0) is 16.1 Å². The number of carboxylic acids is 1. The molecule has 0 aromatic heterocycles. The van der Waals surface area contributed by atoms with Gasteiger partial charge in [-0.15, -0.1) is 0 Å². The number of benzene rings is 1. The number of carbonyl (C=O) groups is 1. The van der Waals surface area contributed by atoms with Crippen molar-refractivity contribution in [2.45, 2.75) is 31.8 Å². The zero-order chi connectivity index (χ0) is 15.2. The summed E-state index contributed by atoms with van der Waals surface area (Å²) >= 11 is 12.0. The van der Waals surface area contributed by atoms with Gasteiger partial charge >= 0.3 is 5.97 Å². The number of carboxylic acid groups (broad SMARTS) is 1. The van der Waals surface area contributed by atoms with Crippen LogP contribution >= 0.6 is 23.2 Å². The molecule has 1 saturated heterocycles. The Kier molecular flexibility index (Phi) is 6.30. The van der Waals surface area contributed by atoms with Crippen molar-refractivity contribution in [2.75, 3.05) is 13.2 Å². The summed E-state index contributed by atoms with van der Waals surface area (Å²) in [6.45, 7) is 1.93. The van der Waals surface area contributed by atoms with E-state index in [-0.39, 0.29) is 12.5 Å². The number of ether oxygens (including phenoxy) is 1. The first kappa shape index (κ1) is 16.6. The van der Waals surface area contributed by atoms with Gasteiger partial charge in [0.25, 0.3) is 0 Å². The highest BCUT2D eigenvalue weighted by atomic mass is 35.5. The van der Waals surface area contributed by atoms with Crippen LogP contribution in [0.25, 0.3) is 0 Å². The maximum atomic E-state index is 11.1. The van der Waals surface area contributed by atoms with Gasteiger partial charge in [-0.25, -0.2) is 0 Å². The molecule has 0 aliphatic carbocycles. The van der Waals surface area contributed by atoms with Crippen LogP contribution in [0.3, 0.4) is 0 Å². The summed E-state index contributed by atoms with van der Waals surface area (Å²) < 4.78 is 5.34. The van der Waals surface area contributed by atoms with Gasteiger partial charge in [0, 0.05) is 35.8 Å². The van der Waals surface area contributed by atoms with E-state index in [9.17, 15) is 4.79 Å². The summed E-state index contributed by atoms with van der Waals surface area (Å²) in [5.41, 5.74) is 0.920. The van der Waals surface area contributed by atoms with E-state index in [4.69, 9.17) is 33.0 Å². The summed E-state index contributed by atoms with van der Waals surface area (Å²) in [5.74, 6) is -0.470. The SMILES string of the molecule is O=C(O)CC(NCc1ccc(Cl)cc1Cl)C1CCOCC1. The zero-order valence-electron chi connectivity index (χ0n) is 11.6. The average molecular weight is 332 g/mol. The fourth-order valence-corrected chi connectivity index (χ4v) is 3.09. The molecule has 6 heteroatoms. The van der Waals surface area contributed by atoms with Crippen molar-refractivity contribution in [1.82, 2.24) is 5.32 Å². The van der Waals surface area contributed by atoms with Crippen LogP contribution in [0.1, 0.15) is 24.8 Å². The number of halogens is 2. The summed E-state index contributed by atoms with van der Waals surface area (Å²) in [6.07, 6.45) is 1.88. The maximum absolute atomic E-state index is 11.1. The lowest BCUT2D eigenvalue weighted by atomic mass is 9.89. The van der Waals surface area contributed by atoms with Crippen LogP contribution in [0.2, 0.25) is 10.0 Å². The molecule has 1 atom stereocenters. The first-order chi connectivity index (χ1) is 10.1. The molecule has 4 nitrogen and oxygen atoms in total. The Labute approximate surface area is 134 Å². The minimum atomic E-state index is -0.791. The highest BCUT2D eigenvalue weighted by Crippen LogP contribution is 2.24. The third-order valence-corrected chi connectivity index (χ3v) is 4.39. The van der Waals surface area contributed by atoms with Gasteiger partial charge < -0.3 is 15.2 Å². The molecular formula is C15H19Cl2NO3. The molecule has 2 N–H and O–H groups in total. The van der Waals surface area contributed by atoms with Crippen LogP contribution in [-0.4, -0.2) is 30.3 Å². The van der Waals surface area contributed by atoms with Crippen molar-refractivity contribution in [3.05, 3.63) is 33.8 Å². The van der Waals surface area contributed by atoms with Crippen molar-refractivity contribution in [3.63, 3.8) is 0 Å². The van der Waals surface area contributed by atoms with Gasteiger partial charge in [-0.1, -0.05) is 29.3 Å². The van der Waals surface area contributed by atoms with Crippen molar-refractivity contribution < 1.29 is 14.6 Å². The second-order valence-electron chi connectivity index (χ2n) is 5.27. The fraction of sp³-hybridized carbons (Fsp3) is 0.533. The largest absolute Gasteiger partial charge is 0.481 e. The molecule has 1 aromatic rings. The van der Waals surface area contributed by atoms with Crippen molar-refractivity contribution in [3.8, 4) is 0 Å². The fourth-order valence-electron chi connectivity index (χ4n) is 2.62. The first-order valence-corrected chi connectivity index (χ1v) is 7.78. The Morgan fingerprint density at radius 3 is 2.71 bits per heavy atom. The van der Waals surface area contributed by atoms with Crippen LogP contribution in [0.4, 0.5) is 0 Å². The van der Waals surface area contributed by atoms with Crippen LogP contribution in [0.15, 0.2) is 18.2 Å². The molecule has 1 aromatic carbocycles. The van der Waals surface area contributed by atoms with Gasteiger partial charge in [-0.2, -0.15) is 0 Å². The molecule has 1 aliphatic rings. The van der Waals surface area contributed by atoms with Gasteiger partial charge in [0.1, 0.15) is 0 Å². The second-order valence-corrected chi connectivity index (χ2v) is 6.11. The molecule has 1 fully saturated rings. The third kappa shape index (κ3) is 5.15. The number of rotatable bonds is 6. The predicted octanol–water partition coefficient (Wildman–Crippen LogP) is 3.35. The van der Waals surface area contributed by atoms with E-state index in [1.54, 1.807) is 12.1 Å². The molecular weight excluding hydrogens is 313 g/mol. The predicted molar refractivity (Wildman–Crippen MR) is 82.9 cm³/mol. The quantitative estimate of drug-likeness (QED) is 0.839. The normalized spacial score (nSPS) is 17.6. The number of hydrogen-bond donors (Lipinski definition) is 2. The summed E-state index contributed by atoms with van der Waals surface area (Å²) in [5, 5.41) is 13.6. The van der Waals surface area contributed by atoms with E-state index < -0.39 is 5.97 Å². The lowest BCUT2D eigenvalue weighted by Crippen LogP contribution is -2.40. The van der Waals surface area contributed by atoms with Gasteiger partial charge in [0.2, 0.25) is 0 Å². The van der Waals surface area contributed by atoms with E-state index in [1.807, 2.05) is 6.07 Å². The van der Waals surface area contributed by atoms with E-state index in [1.165, 1.54) is 0 Å². The lowest BCUT2D eigenvalue weighted by molar-refractivity contribution is -0.138. The Bertz CT molecular complexity index is 490. The first-order valence-electron chi connectivity index (χ1n) is 7.03. The molecule has 0 spiro atoms. The molecule has 0 bridgehead atoms. The van der Waals surface area contributed by atoms with E-state index in [0.29, 0.717) is 35.7 Å². The second kappa shape index (κ2) is 7.99. The Morgan fingerprint density at radius 1 is 1.38 bits per heavy atom. The molecule has 2 rings (SSSR count). The van der Waals surface area contributed by atoms with Gasteiger partial charge in [0.15, 0.2) is 0 Å². The molecule has 0 amide bonds. The smallest absolute Gasteiger partial charge is 0.304 e. The topological polar surface area (TPSA) is 58.6 Å². The monoisotopic (exact) mass is 331 g/mol. The molecule has 0 saturated carbocycles. The lowest BCUT2D eigenvalue weighted by Gasteiger charge is -2.30. The van der Waals surface area contributed by atoms with Crippen molar-refractivity contribution in [1.29, 1.82) is 0 Å². The molecule has 1 aliphatic heterocycles. The molecule has 1 unspecified atom stereocenters. The minimum Gasteiger partial charge on any atom is -0.481 e. The Balaban J connectivity index is 1.98. The maximum Gasteiger partial charge on any atom is 0.304 e. The summed E-state index contributed by atoms with van der Waals surface area (Å²) in [4.78, 5) is 11.1. The molecule has 116 valence electrons. The van der Waals surface area contributed by atoms with Crippen LogP contribution in [0, 0.1) is 5.92 Å². The third-order valence-electron chi connectivity index (χ3n) is 3.80. The van der Waals surface area contributed by atoms with Crippen LogP contribution in [0.5, 0.6) is 0 Å². The summed E-state index contributed by atoms with van der Waals surface area (Å²) in [6, 6.07) is 5.27. The molecule has 0 radical (unpaired) electrons. The molecule has 1 heterocycles. The number of aliphatic carboxylic acids is 1. The van der Waals surface area contributed by atoms with Crippen molar-refractivity contribution in [2.24, 2.45) is 5.92 Å². The average Bonchev–Trinajstić information content (AvgIpc) is 2.45. The minimum absolute atomic E-state index is 0.0712. The number of nitrogens with one attached hydrogen (secondary N) is 1.